The fourth-order valence-corrected chi connectivity index (χ4v) is 7.86. The summed E-state index contributed by atoms with van der Waals surface area (Å²) in [5.74, 6) is -0.388. The van der Waals surface area contributed by atoms with E-state index in [9.17, 15) is 9.59 Å². The summed E-state index contributed by atoms with van der Waals surface area (Å²) >= 11 is 0. The average molecular weight is 819 g/mol. The molecule has 344 valence electrons. The van der Waals surface area contributed by atoms with Crippen LogP contribution in [0.25, 0.3) is 0 Å². The topological polar surface area (TPSA) is 61.8 Å². The highest BCUT2D eigenvalue weighted by Gasteiger charge is 2.17. The number of carbonyl (C=O) groups excluding carboxylic acids is 2. The number of rotatable bonds is 49. The van der Waals surface area contributed by atoms with E-state index in [2.05, 4.69) is 32.9 Å². The first-order chi connectivity index (χ1) is 28.6. The van der Waals surface area contributed by atoms with Gasteiger partial charge in [0.15, 0.2) is 6.10 Å². The molecule has 0 aromatic rings. The number of hydrogen-bond acceptors (Lipinski definition) is 5. The number of esters is 2. The summed E-state index contributed by atoms with van der Waals surface area (Å²) in [6, 6.07) is 0. The number of ether oxygens (including phenoxy) is 3. The molecule has 1 atom stereocenters. The molecule has 0 fully saturated rings. The van der Waals surface area contributed by atoms with Crippen molar-refractivity contribution in [1.29, 1.82) is 0 Å². The molecule has 0 bridgehead atoms. The zero-order chi connectivity index (χ0) is 42.1. The first kappa shape index (κ1) is 56.6. The molecule has 5 heteroatoms. The van der Waals surface area contributed by atoms with E-state index in [-0.39, 0.29) is 18.5 Å². The third-order valence-corrected chi connectivity index (χ3v) is 11.8. The van der Waals surface area contributed by atoms with Gasteiger partial charge in [-0.1, -0.05) is 245 Å². The third kappa shape index (κ3) is 47.3. The lowest BCUT2D eigenvalue weighted by Gasteiger charge is -2.18. The molecule has 0 aromatic carbocycles. The van der Waals surface area contributed by atoms with Crippen LogP contribution in [0.3, 0.4) is 0 Å². The third-order valence-electron chi connectivity index (χ3n) is 11.8. The minimum absolute atomic E-state index is 0.0900. The van der Waals surface area contributed by atoms with Crippen LogP contribution >= 0.6 is 0 Å². The van der Waals surface area contributed by atoms with Crippen molar-refractivity contribution in [3.8, 4) is 0 Å². The second kappa shape index (κ2) is 50.0. The van der Waals surface area contributed by atoms with Gasteiger partial charge in [0.1, 0.15) is 6.61 Å². The number of allylic oxidation sites excluding steroid dienone is 2. The van der Waals surface area contributed by atoms with Crippen molar-refractivity contribution in [1.82, 2.24) is 0 Å². The quantitative estimate of drug-likeness (QED) is 0.0348. The van der Waals surface area contributed by atoms with E-state index in [0.29, 0.717) is 26.1 Å². The van der Waals surface area contributed by atoms with Crippen molar-refractivity contribution in [2.24, 2.45) is 0 Å². The van der Waals surface area contributed by atoms with Crippen molar-refractivity contribution in [2.45, 2.75) is 297 Å². The Labute approximate surface area is 363 Å². The molecule has 0 radical (unpaired) electrons. The minimum atomic E-state index is -0.528. The van der Waals surface area contributed by atoms with Crippen LogP contribution in [0.1, 0.15) is 290 Å². The van der Waals surface area contributed by atoms with Crippen LogP contribution in [-0.2, 0) is 23.8 Å². The highest BCUT2D eigenvalue weighted by atomic mass is 16.6. The Balaban J connectivity index is 4.16. The number of unbranched alkanes of at least 4 members (excludes halogenated alkanes) is 36. The molecule has 0 aliphatic heterocycles. The molecule has 0 N–H and O–H groups in total. The van der Waals surface area contributed by atoms with Gasteiger partial charge in [0.2, 0.25) is 0 Å². The number of hydrogen-bond donors (Lipinski definition) is 0. The average Bonchev–Trinajstić information content (AvgIpc) is 3.22. The summed E-state index contributed by atoms with van der Waals surface area (Å²) in [7, 11) is 0. The fourth-order valence-electron chi connectivity index (χ4n) is 7.86. The minimum Gasteiger partial charge on any atom is -0.462 e. The molecule has 0 aliphatic rings. The predicted molar refractivity (Wildman–Crippen MR) is 252 cm³/mol. The Morgan fingerprint density at radius 3 is 1.07 bits per heavy atom. The zero-order valence-electron chi connectivity index (χ0n) is 39.6. The molecule has 0 saturated heterocycles. The molecule has 5 nitrogen and oxygen atoms in total. The summed E-state index contributed by atoms with van der Waals surface area (Å²) in [4.78, 5) is 25.3. The van der Waals surface area contributed by atoms with Gasteiger partial charge in [0.05, 0.1) is 6.61 Å². The smallest absolute Gasteiger partial charge is 0.306 e. The van der Waals surface area contributed by atoms with Crippen LogP contribution in [-0.4, -0.2) is 37.9 Å². The molecule has 1 unspecified atom stereocenters. The first-order valence-corrected chi connectivity index (χ1v) is 26.2. The standard InChI is InChI=1S/C53H102O5/c1-4-7-10-13-16-19-22-24-25-26-27-28-30-33-36-39-42-45-48-56-49-51(58-53(55)47-44-41-38-35-31-21-18-15-12-9-6-3)50-57-52(54)46-43-40-37-34-32-29-23-20-17-14-11-8-5-2/h20,23,51H,4-19,21-22,24-50H2,1-3H3/b23-20-. The zero-order valence-corrected chi connectivity index (χ0v) is 39.6. The molecule has 0 aliphatic carbocycles. The van der Waals surface area contributed by atoms with Gasteiger partial charge in [-0.3, -0.25) is 9.59 Å². The van der Waals surface area contributed by atoms with Gasteiger partial charge in [-0.2, -0.15) is 0 Å². The Bertz CT molecular complexity index is 840. The molecule has 0 spiro atoms. The van der Waals surface area contributed by atoms with E-state index in [1.54, 1.807) is 0 Å². The number of carbonyl (C=O) groups is 2. The highest BCUT2D eigenvalue weighted by molar-refractivity contribution is 5.70. The van der Waals surface area contributed by atoms with Crippen LogP contribution in [0.15, 0.2) is 12.2 Å². The van der Waals surface area contributed by atoms with Crippen molar-refractivity contribution >= 4 is 11.9 Å². The molecule has 0 aromatic heterocycles. The lowest BCUT2D eigenvalue weighted by atomic mass is 10.0. The summed E-state index contributed by atoms with van der Waals surface area (Å²) in [6.07, 6.45) is 56.5. The first-order valence-electron chi connectivity index (χ1n) is 26.2. The maximum absolute atomic E-state index is 12.8. The highest BCUT2D eigenvalue weighted by Crippen LogP contribution is 2.16. The summed E-state index contributed by atoms with van der Waals surface area (Å²) in [5, 5.41) is 0. The fraction of sp³-hybridized carbons (Fsp3) is 0.925. The predicted octanol–water partition coefficient (Wildman–Crippen LogP) is 17.5. The van der Waals surface area contributed by atoms with Gasteiger partial charge in [-0.05, 0) is 44.9 Å². The van der Waals surface area contributed by atoms with Crippen LogP contribution in [0, 0.1) is 0 Å². The molecular weight excluding hydrogens is 717 g/mol. The normalized spacial score (nSPS) is 12.1. The molecule has 0 heterocycles. The van der Waals surface area contributed by atoms with Crippen molar-refractivity contribution in [3.05, 3.63) is 12.2 Å². The second-order valence-electron chi connectivity index (χ2n) is 17.8. The Hall–Kier alpha value is -1.36. The Kier molecular flexibility index (Phi) is 48.8. The maximum atomic E-state index is 12.8. The lowest BCUT2D eigenvalue weighted by molar-refractivity contribution is -0.163. The van der Waals surface area contributed by atoms with Crippen LogP contribution in [0.2, 0.25) is 0 Å². The summed E-state index contributed by atoms with van der Waals surface area (Å²) < 4.78 is 17.4. The van der Waals surface area contributed by atoms with Crippen LogP contribution < -0.4 is 0 Å². The van der Waals surface area contributed by atoms with E-state index in [1.165, 1.54) is 212 Å². The van der Waals surface area contributed by atoms with Crippen molar-refractivity contribution < 1.29 is 23.8 Å². The van der Waals surface area contributed by atoms with Gasteiger partial charge in [0, 0.05) is 19.4 Å². The largest absolute Gasteiger partial charge is 0.462 e. The van der Waals surface area contributed by atoms with Crippen LogP contribution in [0.4, 0.5) is 0 Å². The van der Waals surface area contributed by atoms with E-state index < -0.39 is 6.10 Å². The maximum Gasteiger partial charge on any atom is 0.306 e. The van der Waals surface area contributed by atoms with Crippen LogP contribution in [0.5, 0.6) is 0 Å². The van der Waals surface area contributed by atoms with E-state index in [0.717, 1.165) is 44.9 Å². The van der Waals surface area contributed by atoms with E-state index in [1.807, 2.05) is 0 Å². The molecule has 0 amide bonds. The van der Waals surface area contributed by atoms with Gasteiger partial charge >= 0.3 is 11.9 Å². The van der Waals surface area contributed by atoms with Gasteiger partial charge < -0.3 is 14.2 Å². The van der Waals surface area contributed by atoms with Crippen molar-refractivity contribution in [3.63, 3.8) is 0 Å². The molecule has 58 heavy (non-hydrogen) atoms. The van der Waals surface area contributed by atoms with Gasteiger partial charge in [0.25, 0.3) is 0 Å². The van der Waals surface area contributed by atoms with Gasteiger partial charge in [-0.25, -0.2) is 0 Å². The Morgan fingerprint density at radius 2 is 0.672 bits per heavy atom. The Morgan fingerprint density at radius 1 is 0.362 bits per heavy atom. The second-order valence-corrected chi connectivity index (χ2v) is 17.8. The summed E-state index contributed by atoms with van der Waals surface area (Å²) in [5.41, 5.74) is 0. The van der Waals surface area contributed by atoms with E-state index in [4.69, 9.17) is 14.2 Å². The monoisotopic (exact) mass is 819 g/mol. The van der Waals surface area contributed by atoms with Crippen molar-refractivity contribution in [2.75, 3.05) is 19.8 Å². The molecule has 0 rings (SSSR count). The summed E-state index contributed by atoms with van der Waals surface area (Å²) in [6.45, 7) is 7.86. The van der Waals surface area contributed by atoms with Gasteiger partial charge in [-0.15, -0.1) is 0 Å². The molecule has 0 saturated carbocycles. The molecular formula is C53H102O5. The van der Waals surface area contributed by atoms with E-state index >= 15 is 0 Å². The lowest BCUT2D eigenvalue weighted by Crippen LogP contribution is -2.30. The SMILES string of the molecule is CCCCCC/C=C\CCCCCCCC(=O)OCC(COCCCCCCCCCCCCCCCCCCCC)OC(=O)CCCCCCCCCCCCC.